The Kier molecular flexibility index (Phi) is 2.95. The van der Waals surface area contributed by atoms with Gasteiger partial charge in [-0.2, -0.15) is 0 Å². The van der Waals surface area contributed by atoms with E-state index < -0.39 is 11.6 Å². The summed E-state index contributed by atoms with van der Waals surface area (Å²) in [4.78, 5) is 0. The second-order valence-corrected chi connectivity index (χ2v) is 3.51. The van der Waals surface area contributed by atoms with Gasteiger partial charge in [0.05, 0.1) is 7.11 Å². The quantitative estimate of drug-likeness (QED) is 0.866. The normalized spacial score (nSPS) is 10.3. The van der Waals surface area contributed by atoms with E-state index >= 15 is 0 Å². The highest BCUT2D eigenvalue weighted by Crippen LogP contribution is 2.32. The maximum atomic E-state index is 13.5. The van der Waals surface area contributed by atoms with Gasteiger partial charge in [-0.1, -0.05) is 6.07 Å². The summed E-state index contributed by atoms with van der Waals surface area (Å²) in [5, 5.41) is 9.57. The zero-order valence-electron chi connectivity index (χ0n) is 9.08. The first-order valence-corrected chi connectivity index (χ1v) is 4.94. The summed E-state index contributed by atoms with van der Waals surface area (Å²) in [6.07, 6.45) is 0. The first-order valence-electron chi connectivity index (χ1n) is 4.94. The Morgan fingerprint density at radius 3 is 2.47 bits per heavy atom. The van der Waals surface area contributed by atoms with Crippen LogP contribution in [0.3, 0.4) is 0 Å². The van der Waals surface area contributed by atoms with Gasteiger partial charge in [-0.25, -0.2) is 8.78 Å². The molecule has 0 spiro atoms. The number of aromatic hydroxyl groups is 1. The summed E-state index contributed by atoms with van der Waals surface area (Å²) in [7, 11) is 1.41. The standard InChI is InChI=1S/C13H10F2O2/c1-17-13-5-2-8(6-12(13)16)10-7-9(14)3-4-11(10)15/h2-7,16H,1H3. The molecule has 2 nitrogen and oxygen atoms in total. The van der Waals surface area contributed by atoms with Crippen LogP contribution in [0.2, 0.25) is 0 Å². The molecule has 0 heterocycles. The van der Waals surface area contributed by atoms with E-state index in [0.29, 0.717) is 5.56 Å². The van der Waals surface area contributed by atoms with Gasteiger partial charge in [0.1, 0.15) is 11.6 Å². The lowest BCUT2D eigenvalue weighted by Gasteiger charge is -2.07. The monoisotopic (exact) mass is 236 g/mol. The molecular formula is C13H10F2O2. The summed E-state index contributed by atoms with van der Waals surface area (Å²) in [5.41, 5.74) is 0.489. The molecule has 88 valence electrons. The number of benzene rings is 2. The molecule has 1 N–H and O–H groups in total. The third-order valence-corrected chi connectivity index (χ3v) is 2.42. The molecule has 0 aromatic heterocycles. The summed E-state index contributed by atoms with van der Waals surface area (Å²) >= 11 is 0. The molecular weight excluding hydrogens is 226 g/mol. The number of halogens is 2. The van der Waals surface area contributed by atoms with E-state index in [0.717, 1.165) is 18.2 Å². The Balaban J connectivity index is 2.53. The molecule has 0 amide bonds. The lowest BCUT2D eigenvalue weighted by atomic mass is 10.0. The first-order chi connectivity index (χ1) is 8.11. The van der Waals surface area contributed by atoms with Gasteiger partial charge in [-0.15, -0.1) is 0 Å². The zero-order valence-corrected chi connectivity index (χ0v) is 9.08. The Morgan fingerprint density at radius 2 is 1.82 bits per heavy atom. The Hall–Kier alpha value is -2.10. The third kappa shape index (κ3) is 2.20. The fraction of sp³-hybridized carbons (Fsp3) is 0.0769. The van der Waals surface area contributed by atoms with Crippen LogP contribution >= 0.6 is 0 Å². The molecule has 0 unspecified atom stereocenters. The molecule has 2 aromatic rings. The number of phenolic OH excluding ortho intramolecular Hbond substituents is 1. The van der Waals surface area contributed by atoms with Crippen LogP contribution in [-0.2, 0) is 0 Å². The molecule has 0 atom stereocenters. The van der Waals surface area contributed by atoms with E-state index in [2.05, 4.69) is 0 Å². The van der Waals surface area contributed by atoms with Crippen LogP contribution in [0.15, 0.2) is 36.4 Å². The molecule has 0 saturated carbocycles. The summed E-state index contributed by atoms with van der Waals surface area (Å²) < 4.78 is 31.4. The fourth-order valence-corrected chi connectivity index (χ4v) is 1.58. The minimum Gasteiger partial charge on any atom is -0.504 e. The minimum atomic E-state index is -0.545. The minimum absolute atomic E-state index is 0.1000. The predicted molar refractivity (Wildman–Crippen MR) is 60.0 cm³/mol. The molecule has 2 aromatic carbocycles. The predicted octanol–water partition coefficient (Wildman–Crippen LogP) is 3.35. The van der Waals surface area contributed by atoms with Gasteiger partial charge < -0.3 is 9.84 Å². The average Bonchev–Trinajstić information content (AvgIpc) is 2.32. The lowest BCUT2D eigenvalue weighted by molar-refractivity contribution is 0.373. The van der Waals surface area contributed by atoms with E-state index in [1.54, 1.807) is 6.07 Å². The van der Waals surface area contributed by atoms with Gasteiger partial charge in [0.25, 0.3) is 0 Å². The highest BCUT2D eigenvalue weighted by molar-refractivity contribution is 5.67. The molecule has 2 rings (SSSR count). The van der Waals surface area contributed by atoms with Gasteiger partial charge in [-0.3, -0.25) is 0 Å². The number of methoxy groups -OCH3 is 1. The Morgan fingerprint density at radius 1 is 1.06 bits per heavy atom. The second-order valence-electron chi connectivity index (χ2n) is 3.51. The smallest absolute Gasteiger partial charge is 0.160 e. The summed E-state index contributed by atoms with van der Waals surface area (Å²) in [6, 6.07) is 7.55. The van der Waals surface area contributed by atoms with Crippen molar-refractivity contribution in [2.24, 2.45) is 0 Å². The van der Waals surface area contributed by atoms with Crippen LogP contribution in [0.5, 0.6) is 11.5 Å². The van der Waals surface area contributed by atoms with Crippen LogP contribution in [0.4, 0.5) is 8.78 Å². The van der Waals surface area contributed by atoms with Gasteiger partial charge >= 0.3 is 0 Å². The van der Waals surface area contributed by atoms with Crippen molar-refractivity contribution in [2.75, 3.05) is 7.11 Å². The van der Waals surface area contributed by atoms with E-state index in [9.17, 15) is 13.9 Å². The maximum absolute atomic E-state index is 13.5. The number of phenols is 1. The van der Waals surface area contributed by atoms with Crippen molar-refractivity contribution >= 4 is 0 Å². The highest BCUT2D eigenvalue weighted by atomic mass is 19.1. The molecule has 0 bridgehead atoms. The van der Waals surface area contributed by atoms with Crippen molar-refractivity contribution in [3.63, 3.8) is 0 Å². The molecule has 0 fully saturated rings. The molecule has 0 aliphatic heterocycles. The van der Waals surface area contributed by atoms with E-state index in [1.807, 2.05) is 0 Å². The second kappa shape index (κ2) is 4.41. The van der Waals surface area contributed by atoms with Crippen molar-refractivity contribution in [1.82, 2.24) is 0 Å². The van der Waals surface area contributed by atoms with Crippen molar-refractivity contribution in [3.05, 3.63) is 48.0 Å². The molecule has 0 aliphatic rings. The van der Waals surface area contributed by atoms with Crippen LogP contribution < -0.4 is 4.74 Å². The third-order valence-electron chi connectivity index (χ3n) is 2.42. The Bertz CT molecular complexity index is 553. The molecule has 0 radical (unpaired) electrons. The number of hydrogen-bond acceptors (Lipinski definition) is 2. The van der Waals surface area contributed by atoms with E-state index in [-0.39, 0.29) is 17.1 Å². The fourth-order valence-electron chi connectivity index (χ4n) is 1.58. The van der Waals surface area contributed by atoms with Crippen molar-refractivity contribution in [3.8, 4) is 22.6 Å². The van der Waals surface area contributed by atoms with E-state index in [1.165, 1.54) is 19.2 Å². The van der Waals surface area contributed by atoms with Crippen LogP contribution in [-0.4, -0.2) is 12.2 Å². The van der Waals surface area contributed by atoms with Gasteiger partial charge in [0, 0.05) is 5.56 Å². The first kappa shape index (κ1) is 11.4. The van der Waals surface area contributed by atoms with E-state index in [4.69, 9.17) is 4.74 Å². The maximum Gasteiger partial charge on any atom is 0.160 e. The van der Waals surface area contributed by atoms with Gasteiger partial charge in [0.2, 0.25) is 0 Å². The average molecular weight is 236 g/mol. The molecule has 0 saturated heterocycles. The van der Waals surface area contributed by atoms with Gasteiger partial charge in [0.15, 0.2) is 11.5 Å². The van der Waals surface area contributed by atoms with Crippen molar-refractivity contribution in [2.45, 2.75) is 0 Å². The number of rotatable bonds is 2. The summed E-state index contributed by atoms with van der Waals surface area (Å²) in [6.45, 7) is 0. The number of hydrogen-bond donors (Lipinski definition) is 1. The lowest BCUT2D eigenvalue weighted by Crippen LogP contribution is -1.88. The Labute approximate surface area is 97.1 Å². The van der Waals surface area contributed by atoms with Crippen LogP contribution in [0.1, 0.15) is 0 Å². The topological polar surface area (TPSA) is 29.5 Å². The summed E-state index contributed by atoms with van der Waals surface area (Å²) in [5.74, 6) is -0.910. The largest absolute Gasteiger partial charge is 0.504 e. The van der Waals surface area contributed by atoms with Crippen LogP contribution in [0, 0.1) is 11.6 Å². The zero-order chi connectivity index (χ0) is 12.4. The highest BCUT2D eigenvalue weighted by Gasteiger charge is 2.09. The molecule has 4 heteroatoms. The SMILES string of the molecule is COc1ccc(-c2cc(F)ccc2F)cc1O. The van der Waals surface area contributed by atoms with Gasteiger partial charge in [-0.05, 0) is 35.9 Å². The van der Waals surface area contributed by atoms with Crippen molar-refractivity contribution < 1.29 is 18.6 Å². The molecule has 0 aliphatic carbocycles. The van der Waals surface area contributed by atoms with Crippen LogP contribution in [0.25, 0.3) is 11.1 Å². The number of ether oxygens (including phenoxy) is 1. The molecule has 17 heavy (non-hydrogen) atoms. The van der Waals surface area contributed by atoms with Crippen molar-refractivity contribution in [1.29, 1.82) is 0 Å².